The molecular weight excluding hydrogens is 274 g/mol. The van der Waals surface area contributed by atoms with Crippen LogP contribution in [0.2, 0.25) is 0 Å². The first-order valence-electron chi connectivity index (χ1n) is 5.95. The number of ether oxygens (including phenoxy) is 1. The molecule has 0 aromatic heterocycles. The molecule has 0 aliphatic heterocycles. The van der Waals surface area contributed by atoms with Gasteiger partial charge in [-0.2, -0.15) is 0 Å². The fourth-order valence-corrected chi connectivity index (χ4v) is 1.63. The highest BCUT2D eigenvalue weighted by Crippen LogP contribution is 2.24. The lowest BCUT2D eigenvalue weighted by Gasteiger charge is -2.06. The van der Waals surface area contributed by atoms with Crippen LogP contribution in [0.4, 0.5) is 0 Å². The number of carboxylic acid groups (broad SMARTS) is 1. The summed E-state index contributed by atoms with van der Waals surface area (Å²) in [6.45, 7) is 0. The minimum Gasteiger partial charge on any atom is -0.505 e. The number of nitrogens with zero attached hydrogens (tertiary/aromatic N) is 1. The van der Waals surface area contributed by atoms with Crippen molar-refractivity contribution in [1.29, 1.82) is 0 Å². The normalized spacial score (nSPS) is 11.4. The second-order valence-electron chi connectivity index (χ2n) is 4.03. The van der Waals surface area contributed by atoms with E-state index in [9.17, 15) is 14.8 Å². The van der Waals surface area contributed by atoms with Crippen LogP contribution in [0.1, 0.15) is 5.56 Å². The number of carbonyl (C=O) groups is 1. The van der Waals surface area contributed by atoms with Gasteiger partial charge in [0.25, 0.3) is 0 Å². The average molecular weight is 285 g/mol. The van der Waals surface area contributed by atoms with E-state index in [0.29, 0.717) is 11.5 Å². The van der Waals surface area contributed by atoms with E-state index in [1.54, 1.807) is 24.3 Å². The van der Waals surface area contributed by atoms with Crippen LogP contribution < -0.4 is 4.74 Å². The molecule has 0 saturated carbocycles. The van der Waals surface area contributed by atoms with Crippen LogP contribution >= 0.6 is 0 Å². The number of para-hydroxylation sites is 1. The van der Waals surface area contributed by atoms with E-state index in [4.69, 9.17) is 9.84 Å². The van der Waals surface area contributed by atoms with Gasteiger partial charge in [0, 0.05) is 5.56 Å². The van der Waals surface area contributed by atoms with Crippen LogP contribution in [-0.2, 0) is 4.79 Å². The SMILES string of the molecule is O=NC(C(=O)O)=C(O)c1ccc(Oc2ccccc2)cc1. The Labute approximate surface area is 119 Å². The summed E-state index contributed by atoms with van der Waals surface area (Å²) < 4.78 is 5.55. The van der Waals surface area contributed by atoms with Gasteiger partial charge in [0.15, 0.2) is 5.76 Å². The van der Waals surface area contributed by atoms with Crippen molar-refractivity contribution in [1.82, 2.24) is 0 Å². The van der Waals surface area contributed by atoms with Crippen molar-refractivity contribution in [2.24, 2.45) is 5.18 Å². The van der Waals surface area contributed by atoms with Gasteiger partial charge in [-0.25, -0.2) is 4.79 Å². The second-order valence-corrected chi connectivity index (χ2v) is 4.03. The summed E-state index contributed by atoms with van der Waals surface area (Å²) in [6, 6.07) is 15.0. The number of benzene rings is 2. The molecule has 0 radical (unpaired) electrons. The Balaban J connectivity index is 2.23. The standard InChI is InChI=1S/C15H11NO5/c17-14(13(16-20)15(18)19)10-6-8-12(9-7-10)21-11-4-2-1-3-5-11/h1-9,17H,(H,18,19). The molecule has 0 unspecified atom stereocenters. The van der Waals surface area contributed by atoms with Crippen molar-refractivity contribution in [3.63, 3.8) is 0 Å². The minimum atomic E-state index is -1.59. The Hall–Kier alpha value is -3.15. The van der Waals surface area contributed by atoms with E-state index >= 15 is 0 Å². The summed E-state index contributed by atoms with van der Waals surface area (Å²) in [5.74, 6) is -1.13. The first kappa shape index (κ1) is 14.3. The van der Waals surface area contributed by atoms with E-state index in [2.05, 4.69) is 5.18 Å². The van der Waals surface area contributed by atoms with Gasteiger partial charge < -0.3 is 14.9 Å². The van der Waals surface area contributed by atoms with Gasteiger partial charge in [0.1, 0.15) is 11.5 Å². The van der Waals surface area contributed by atoms with Crippen molar-refractivity contribution in [2.45, 2.75) is 0 Å². The topological polar surface area (TPSA) is 96.2 Å². The highest BCUT2D eigenvalue weighted by atomic mass is 16.5. The number of aliphatic hydroxyl groups is 1. The minimum absolute atomic E-state index is 0.160. The molecule has 0 spiro atoms. The molecule has 2 aromatic rings. The van der Waals surface area contributed by atoms with Gasteiger partial charge in [-0.15, -0.1) is 4.91 Å². The maximum Gasteiger partial charge on any atom is 0.362 e. The molecule has 21 heavy (non-hydrogen) atoms. The zero-order valence-corrected chi connectivity index (χ0v) is 10.8. The molecular formula is C15H11NO5. The lowest BCUT2D eigenvalue weighted by molar-refractivity contribution is -0.132. The van der Waals surface area contributed by atoms with Crippen LogP contribution in [-0.4, -0.2) is 16.2 Å². The molecule has 0 atom stereocenters. The molecule has 0 aliphatic rings. The zero-order chi connectivity index (χ0) is 15.2. The molecule has 0 fully saturated rings. The Bertz CT molecular complexity index is 677. The van der Waals surface area contributed by atoms with Crippen molar-refractivity contribution >= 4 is 11.7 Å². The summed E-state index contributed by atoms with van der Waals surface area (Å²) in [7, 11) is 0. The van der Waals surface area contributed by atoms with Crippen molar-refractivity contribution < 1.29 is 19.7 Å². The quantitative estimate of drug-likeness (QED) is 0.497. The van der Waals surface area contributed by atoms with E-state index in [1.807, 2.05) is 18.2 Å². The van der Waals surface area contributed by atoms with Gasteiger partial charge in [0.2, 0.25) is 5.70 Å². The molecule has 6 heteroatoms. The average Bonchev–Trinajstić information content (AvgIpc) is 2.49. The Morgan fingerprint density at radius 3 is 2.00 bits per heavy atom. The lowest BCUT2D eigenvalue weighted by Crippen LogP contribution is -2.01. The smallest absolute Gasteiger partial charge is 0.362 e. The molecule has 6 nitrogen and oxygen atoms in total. The lowest BCUT2D eigenvalue weighted by atomic mass is 10.1. The monoisotopic (exact) mass is 285 g/mol. The van der Waals surface area contributed by atoms with Crippen LogP contribution in [0, 0.1) is 4.91 Å². The Kier molecular flexibility index (Phi) is 4.30. The fourth-order valence-electron chi connectivity index (χ4n) is 1.63. The maximum absolute atomic E-state index is 10.7. The van der Waals surface area contributed by atoms with Gasteiger partial charge in [-0.05, 0) is 41.6 Å². The van der Waals surface area contributed by atoms with E-state index < -0.39 is 17.4 Å². The molecule has 2 aromatic carbocycles. The largest absolute Gasteiger partial charge is 0.505 e. The highest BCUT2D eigenvalue weighted by Gasteiger charge is 2.16. The van der Waals surface area contributed by atoms with Crippen molar-refractivity contribution in [2.75, 3.05) is 0 Å². The first-order chi connectivity index (χ1) is 10.1. The summed E-state index contributed by atoms with van der Waals surface area (Å²) >= 11 is 0. The van der Waals surface area contributed by atoms with Crippen LogP contribution in [0.5, 0.6) is 11.5 Å². The molecule has 0 aliphatic carbocycles. The van der Waals surface area contributed by atoms with Crippen LogP contribution in [0.25, 0.3) is 5.76 Å². The maximum atomic E-state index is 10.7. The second kappa shape index (κ2) is 6.33. The molecule has 0 saturated heterocycles. The molecule has 106 valence electrons. The molecule has 2 rings (SSSR count). The first-order valence-corrected chi connectivity index (χ1v) is 5.95. The number of rotatable bonds is 5. The van der Waals surface area contributed by atoms with E-state index in [-0.39, 0.29) is 5.56 Å². The third-order valence-corrected chi connectivity index (χ3v) is 2.62. The molecule has 0 bridgehead atoms. The number of aliphatic hydroxyl groups excluding tert-OH is 1. The van der Waals surface area contributed by atoms with Gasteiger partial charge in [-0.1, -0.05) is 18.2 Å². The summed E-state index contributed by atoms with van der Waals surface area (Å²) in [6.07, 6.45) is 0. The van der Waals surface area contributed by atoms with Gasteiger partial charge in [-0.3, -0.25) is 0 Å². The number of hydrogen-bond donors (Lipinski definition) is 2. The number of hydrogen-bond acceptors (Lipinski definition) is 5. The summed E-state index contributed by atoms with van der Waals surface area (Å²) in [5.41, 5.74) is -0.779. The predicted molar refractivity (Wildman–Crippen MR) is 75.9 cm³/mol. The predicted octanol–water partition coefficient (Wildman–Crippen LogP) is 3.56. The number of carboxylic acids is 1. The molecule has 0 amide bonds. The third kappa shape index (κ3) is 3.44. The van der Waals surface area contributed by atoms with Gasteiger partial charge in [0.05, 0.1) is 0 Å². The molecule has 2 N–H and O–H groups in total. The third-order valence-electron chi connectivity index (χ3n) is 2.62. The highest BCUT2D eigenvalue weighted by molar-refractivity contribution is 5.94. The summed E-state index contributed by atoms with van der Waals surface area (Å²) in [5, 5.41) is 20.7. The fraction of sp³-hybridized carbons (Fsp3) is 0. The van der Waals surface area contributed by atoms with E-state index in [0.717, 1.165) is 0 Å². The Morgan fingerprint density at radius 1 is 0.905 bits per heavy atom. The summed E-state index contributed by atoms with van der Waals surface area (Å²) in [4.78, 5) is 21.1. The van der Waals surface area contributed by atoms with E-state index in [1.165, 1.54) is 12.1 Å². The number of nitroso groups, excluding NO2 is 1. The zero-order valence-electron chi connectivity index (χ0n) is 10.8. The molecule has 0 heterocycles. The number of aliphatic carboxylic acids is 1. The Morgan fingerprint density at radius 2 is 1.48 bits per heavy atom. The van der Waals surface area contributed by atoms with Crippen LogP contribution in [0.15, 0.2) is 65.5 Å². The van der Waals surface area contributed by atoms with Crippen LogP contribution in [0.3, 0.4) is 0 Å². The van der Waals surface area contributed by atoms with Crippen molar-refractivity contribution in [3.05, 3.63) is 70.8 Å². The van der Waals surface area contributed by atoms with Crippen molar-refractivity contribution in [3.8, 4) is 11.5 Å². The van der Waals surface area contributed by atoms with Gasteiger partial charge >= 0.3 is 5.97 Å².